The lowest BCUT2D eigenvalue weighted by molar-refractivity contribution is 0.0634. The van der Waals surface area contributed by atoms with Crippen LogP contribution < -0.4 is 15.1 Å². The Kier molecular flexibility index (Phi) is 3.84. The van der Waals surface area contributed by atoms with Crippen LogP contribution in [0.25, 0.3) is 0 Å². The summed E-state index contributed by atoms with van der Waals surface area (Å²) in [4.78, 5) is 18.2. The van der Waals surface area contributed by atoms with Crippen molar-refractivity contribution in [3.8, 4) is 0 Å². The summed E-state index contributed by atoms with van der Waals surface area (Å²) in [7, 11) is 1.84. The maximum atomic E-state index is 5.58. The van der Waals surface area contributed by atoms with Crippen molar-refractivity contribution in [1.29, 1.82) is 0 Å². The van der Waals surface area contributed by atoms with Gasteiger partial charge in [-0.2, -0.15) is 15.0 Å². The number of hydrogen-bond donors (Lipinski definition) is 1. The van der Waals surface area contributed by atoms with E-state index in [1.54, 1.807) is 0 Å². The molecule has 0 atom stereocenters. The first kappa shape index (κ1) is 14.3. The molecule has 0 aliphatic carbocycles. The standard InChI is InChI=1S/C14H24N6O/c1-14(2)10-21-9-8-20(14)13-17-11(15-3)16-12(18-13)19-6-4-5-7-19/h4-10H2,1-3H3,(H,15,16,17,18). The second-order valence-electron chi connectivity index (χ2n) is 6.22. The zero-order valence-corrected chi connectivity index (χ0v) is 13.1. The summed E-state index contributed by atoms with van der Waals surface area (Å²) in [5, 5.41) is 3.05. The number of morpholine rings is 1. The molecule has 2 saturated heterocycles. The molecule has 0 radical (unpaired) electrons. The first-order chi connectivity index (χ1) is 10.1. The van der Waals surface area contributed by atoms with Crippen molar-refractivity contribution in [3.05, 3.63) is 0 Å². The van der Waals surface area contributed by atoms with Gasteiger partial charge in [-0.15, -0.1) is 0 Å². The molecule has 2 aliphatic heterocycles. The Labute approximate surface area is 125 Å². The van der Waals surface area contributed by atoms with E-state index in [0.717, 1.165) is 31.5 Å². The average molecular weight is 292 g/mol. The third kappa shape index (κ3) is 2.88. The molecule has 1 N–H and O–H groups in total. The molecule has 116 valence electrons. The van der Waals surface area contributed by atoms with Crippen molar-refractivity contribution in [2.24, 2.45) is 0 Å². The molecule has 3 rings (SSSR count). The fourth-order valence-corrected chi connectivity index (χ4v) is 2.87. The van der Waals surface area contributed by atoms with Crippen LogP contribution in [-0.4, -0.2) is 60.4 Å². The van der Waals surface area contributed by atoms with Crippen LogP contribution in [0.5, 0.6) is 0 Å². The van der Waals surface area contributed by atoms with Gasteiger partial charge in [0.25, 0.3) is 0 Å². The summed E-state index contributed by atoms with van der Waals surface area (Å²) in [6.45, 7) is 8.57. The van der Waals surface area contributed by atoms with Crippen molar-refractivity contribution in [2.75, 3.05) is 55.0 Å². The van der Waals surface area contributed by atoms with Gasteiger partial charge >= 0.3 is 0 Å². The van der Waals surface area contributed by atoms with Crippen molar-refractivity contribution in [2.45, 2.75) is 32.2 Å². The van der Waals surface area contributed by atoms with E-state index < -0.39 is 0 Å². The Hall–Kier alpha value is -1.63. The molecule has 0 spiro atoms. The highest BCUT2D eigenvalue weighted by Gasteiger charge is 2.33. The lowest BCUT2D eigenvalue weighted by Gasteiger charge is -2.42. The summed E-state index contributed by atoms with van der Waals surface area (Å²) in [6, 6.07) is 0. The predicted molar refractivity (Wildman–Crippen MR) is 83.1 cm³/mol. The van der Waals surface area contributed by atoms with E-state index in [4.69, 9.17) is 9.72 Å². The van der Waals surface area contributed by atoms with E-state index >= 15 is 0 Å². The zero-order chi connectivity index (χ0) is 14.9. The number of ether oxygens (including phenoxy) is 1. The van der Waals surface area contributed by atoms with Gasteiger partial charge in [-0.05, 0) is 26.7 Å². The minimum Gasteiger partial charge on any atom is -0.377 e. The summed E-state index contributed by atoms with van der Waals surface area (Å²) in [5.74, 6) is 2.15. The zero-order valence-electron chi connectivity index (χ0n) is 13.1. The smallest absolute Gasteiger partial charge is 0.232 e. The van der Waals surface area contributed by atoms with Crippen LogP contribution >= 0.6 is 0 Å². The van der Waals surface area contributed by atoms with Crippen molar-refractivity contribution in [3.63, 3.8) is 0 Å². The molecule has 1 aromatic heterocycles. The molecule has 0 amide bonds. The van der Waals surface area contributed by atoms with E-state index in [1.807, 2.05) is 7.05 Å². The minimum atomic E-state index is -0.104. The lowest BCUT2D eigenvalue weighted by atomic mass is 10.0. The number of nitrogens with zero attached hydrogens (tertiary/aromatic N) is 5. The number of hydrogen-bond acceptors (Lipinski definition) is 7. The number of anilines is 3. The first-order valence-electron chi connectivity index (χ1n) is 7.64. The van der Waals surface area contributed by atoms with Crippen LogP contribution in [0.3, 0.4) is 0 Å². The summed E-state index contributed by atoms with van der Waals surface area (Å²) in [5.41, 5.74) is -0.104. The summed E-state index contributed by atoms with van der Waals surface area (Å²) >= 11 is 0. The first-order valence-corrected chi connectivity index (χ1v) is 7.64. The Balaban J connectivity index is 1.95. The van der Waals surface area contributed by atoms with Gasteiger partial charge < -0.3 is 19.9 Å². The molecule has 7 heteroatoms. The van der Waals surface area contributed by atoms with Crippen LogP contribution in [0.1, 0.15) is 26.7 Å². The van der Waals surface area contributed by atoms with Crippen molar-refractivity contribution in [1.82, 2.24) is 15.0 Å². The quantitative estimate of drug-likeness (QED) is 0.895. The fraction of sp³-hybridized carbons (Fsp3) is 0.786. The number of aromatic nitrogens is 3. The van der Waals surface area contributed by atoms with Gasteiger partial charge in [0.15, 0.2) is 0 Å². The SMILES string of the molecule is CNc1nc(N2CCCC2)nc(N2CCOCC2(C)C)n1. The number of rotatable bonds is 3. The average Bonchev–Trinajstić information content (AvgIpc) is 3.00. The Morgan fingerprint density at radius 2 is 1.76 bits per heavy atom. The van der Waals surface area contributed by atoms with E-state index in [9.17, 15) is 0 Å². The third-order valence-electron chi connectivity index (χ3n) is 4.11. The van der Waals surface area contributed by atoms with Crippen LogP contribution in [-0.2, 0) is 4.74 Å². The molecule has 1 aromatic rings. The Morgan fingerprint density at radius 1 is 1.05 bits per heavy atom. The van der Waals surface area contributed by atoms with Gasteiger partial charge in [-0.1, -0.05) is 0 Å². The highest BCUT2D eigenvalue weighted by Crippen LogP contribution is 2.27. The van der Waals surface area contributed by atoms with Crippen molar-refractivity contribution < 1.29 is 4.74 Å². The normalized spacial score (nSPS) is 21.7. The molecule has 0 unspecified atom stereocenters. The van der Waals surface area contributed by atoms with Gasteiger partial charge in [-0.25, -0.2) is 0 Å². The van der Waals surface area contributed by atoms with E-state index in [1.165, 1.54) is 12.8 Å². The highest BCUT2D eigenvalue weighted by atomic mass is 16.5. The number of nitrogens with one attached hydrogen (secondary N) is 1. The molecule has 7 nitrogen and oxygen atoms in total. The lowest BCUT2D eigenvalue weighted by Crippen LogP contribution is -2.54. The second-order valence-corrected chi connectivity index (χ2v) is 6.22. The molecule has 0 aromatic carbocycles. The van der Waals surface area contributed by atoms with Crippen LogP contribution in [0.2, 0.25) is 0 Å². The fourth-order valence-electron chi connectivity index (χ4n) is 2.87. The molecule has 0 saturated carbocycles. The molecule has 21 heavy (non-hydrogen) atoms. The monoisotopic (exact) mass is 292 g/mol. The van der Waals surface area contributed by atoms with E-state index in [0.29, 0.717) is 19.2 Å². The summed E-state index contributed by atoms with van der Waals surface area (Å²) < 4.78 is 5.58. The molecular formula is C14H24N6O. The Bertz CT molecular complexity index is 500. The highest BCUT2D eigenvalue weighted by molar-refractivity contribution is 5.47. The van der Waals surface area contributed by atoms with Crippen LogP contribution in [0.15, 0.2) is 0 Å². The van der Waals surface area contributed by atoms with Gasteiger partial charge in [0, 0.05) is 26.7 Å². The minimum absolute atomic E-state index is 0.104. The van der Waals surface area contributed by atoms with E-state index in [-0.39, 0.29) is 5.54 Å². The van der Waals surface area contributed by atoms with Gasteiger partial charge in [0.2, 0.25) is 17.8 Å². The molecule has 0 bridgehead atoms. The summed E-state index contributed by atoms with van der Waals surface area (Å²) in [6.07, 6.45) is 2.41. The van der Waals surface area contributed by atoms with Crippen LogP contribution in [0, 0.1) is 0 Å². The predicted octanol–water partition coefficient (Wildman–Crippen LogP) is 1.13. The third-order valence-corrected chi connectivity index (χ3v) is 4.11. The second kappa shape index (κ2) is 5.63. The molecule has 3 heterocycles. The Morgan fingerprint density at radius 3 is 2.43 bits per heavy atom. The maximum Gasteiger partial charge on any atom is 0.232 e. The topological polar surface area (TPSA) is 66.4 Å². The molecule has 2 fully saturated rings. The maximum absolute atomic E-state index is 5.58. The van der Waals surface area contributed by atoms with E-state index in [2.05, 4.69) is 38.9 Å². The van der Waals surface area contributed by atoms with Gasteiger partial charge in [-0.3, -0.25) is 0 Å². The van der Waals surface area contributed by atoms with Crippen LogP contribution in [0.4, 0.5) is 17.8 Å². The van der Waals surface area contributed by atoms with Gasteiger partial charge in [0.1, 0.15) is 0 Å². The largest absolute Gasteiger partial charge is 0.377 e. The molecular weight excluding hydrogens is 268 g/mol. The van der Waals surface area contributed by atoms with Crippen molar-refractivity contribution >= 4 is 17.8 Å². The molecule has 2 aliphatic rings. The van der Waals surface area contributed by atoms with Gasteiger partial charge in [0.05, 0.1) is 18.8 Å².